The van der Waals surface area contributed by atoms with E-state index in [9.17, 15) is 4.39 Å². The molecule has 0 aliphatic carbocycles. The van der Waals surface area contributed by atoms with Crippen LogP contribution in [0.25, 0.3) is 0 Å². The van der Waals surface area contributed by atoms with Crippen LogP contribution in [0.5, 0.6) is 11.5 Å². The fourth-order valence-electron chi connectivity index (χ4n) is 1.06. The maximum atomic E-state index is 13.2. The first kappa shape index (κ1) is 11.0. The molecule has 14 heavy (non-hydrogen) atoms. The van der Waals surface area contributed by atoms with Gasteiger partial charge in [0.2, 0.25) is 8.32 Å². The molecule has 0 amide bonds. The Kier molecular flexibility index (Phi) is 3.16. The van der Waals surface area contributed by atoms with Crippen molar-refractivity contribution in [2.45, 2.75) is 19.6 Å². The first-order chi connectivity index (χ1) is 6.42. The molecule has 0 saturated heterocycles. The highest BCUT2D eigenvalue weighted by Gasteiger charge is 2.17. The number of benzene rings is 1. The third kappa shape index (κ3) is 3.03. The summed E-state index contributed by atoms with van der Waals surface area (Å²) < 4.78 is 23.7. The first-order valence-electron chi connectivity index (χ1n) is 4.45. The molecule has 0 saturated carbocycles. The van der Waals surface area contributed by atoms with E-state index in [1.807, 2.05) is 0 Å². The molecular weight excluding hydrogens is 199 g/mol. The van der Waals surface area contributed by atoms with E-state index in [1.54, 1.807) is 12.1 Å². The van der Waals surface area contributed by atoms with Gasteiger partial charge < -0.3 is 9.16 Å². The van der Waals surface area contributed by atoms with Crippen LogP contribution in [0.2, 0.25) is 19.6 Å². The van der Waals surface area contributed by atoms with Gasteiger partial charge in [0.05, 0.1) is 7.11 Å². The minimum Gasteiger partial charge on any atom is -0.544 e. The van der Waals surface area contributed by atoms with Gasteiger partial charge >= 0.3 is 0 Å². The molecule has 1 aromatic rings. The number of rotatable bonds is 3. The summed E-state index contributed by atoms with van der Waals surface area (Å²) in [5.74, 6) is 0.429. The molecule has 0 atom stereocenters. The van der Waals surface area contributed by atoms with E-state index in [1.165, 1.54) is 13.2 Å². The quantitative estimate of drug-likeness (QED) is 0.720. The number of ether oxygens (including phenoxy) is 1. The Labute approximate surface area is 84.8 Å². The molecule has 0 spiro atoms. The predicted molar refractivity (Wildman–Crippen MR) is 56.9 cm³/mol. The van der Waals surface area contributed by atoms with Crippen molar-refractivity contribution in [2.24, 2.45) is 0 Å². The second-order valence-corrected chi connectivity index (χ2v) is 8.44. The van der Waals surface area contributed by atoms with Crippen molar-refractivity contribution in [3.8, 4) is 11.5 Å². The van der Waals surface area contributed by atoms with Gasteiger partial charge in [-0.2, -0.15) is 0 Å². The molecule has 0 radical (unpaired) electrons. The van der Waals surface area contributed by atoms with Crippen LogP contribution < -0.4 is 9.16 Å². The van der Waals surface area contributed by atoms with E-state index in [0.717, 1.165) is 0 Å². The van der Waals surface area contributed by atoms with Crippen molar-refractivity contribution < 1.29 is 13.6 Å². The van der Waals surface area contributed by atoms with Gasteiger partial charge in [-0.1, -0.05) is 0 Å². The fourth-order valence-corrected chi connectivity index (χ4v) is 1.90. The lowest BCUT2D eigenvalue weighted by Crippen LogP contribution is -2.29. The van der Waals surface area contributed by atoms with Crippen LogP contribution >= 0.6 is 0 Å². The van der Waals surface area contributed by atoms with Crippen LogP contribution in [0, 0.1) is 5.82 Å². The van der Waals surface area contributed by atoms with Crippen LogP contribution in [-0.2, 0) is 0 Å². The van der Waals surface area contributed by atoms with E-state index in [0.29, 0.717) is 5.75 Å². The predicted octanol–water partition coefficient (Wildman–Crippen LogP) is 3.05. The van der Waals surface area contributed by atoms with Crippen molar-refractivity contribution in [1.82, 2.24) is 0 Å². The van der Waals surface area contributed by atoms with Crippen molar-refractivity contribution in [1.29, 1.82) is 0 Å². The van der Waals surface area contributed by atoms with Crippen molar-refractivity contribution in [3.05, 3.63) is 24.0 Å². The summed E-state index contributed by atoms with van der Waals surface area (Å²) in [5, 5.41) is 0. The molecule has 0 heterocycles. The molecule has 0 fully saturated rings. The average molecular weight is 214 g/mol. The topological polar surface area (TPSA) is 18.5 Å². The van der Waals surface area contributed by atoms with E-state index in [4.69, 9.17) is 9.16 Å². The Morgan fingerprint density at radius 2 is 1.86 bits per heavy atom. The molecule has 1 rings (SSSR count). The molecule has 0 bridgehead atoms. The van der Waals surface area contributed by atoms with Gasteiger partial charge in [0.1, 0.15) is 5.75 Å². The molecule has 4 heteroatoms. The smallest absolute Gasteiger partial charge is 0.242 e. The van der Waals surface area contributed by atoms with Gasteiger partial charge in [-0.15, -0.1) is 0 Å². The van der Waals surface area contributed by atoms with E-state index < -0.39 is 8.32 Å². The van der Waals surface area contributed by atoms with Gasteiger partial charge in [-0.25, -0.2) is 4.39 Å². The summed E-state index contributed by atoms with van der Waals surface area (Å²) in [6.45, 7) is 6.15. The standard InChI is InChI=1S/C10H15FO2Si/c1-12-10-6-5-8(7-9(10)11)13-14(2,3)4/h5-7H,1-4H3. The number of halogens is 1. The van der Waals surface area contributed by atoms with Gasteiger partial charge in [0, 0.05) is 6.07 Å². The van der Waals surface area contributed by atoms with Gasteiger partial charge in [-0.3, -0.25) is 0 Å². The third-order valence-electron chi connectivity index (χ3n) is 1.55. The number of methoxy groups -OCH3 is 1. The highest BCUT2D eigenvalue weighted by Crippen LogP contribution is 2.24. The molecule has 1 aromatic carbocycles. The maximum absolute atomic E-state index is 13.2. The van der Waals surface area contributed by atoms with Gasteiger partial charge in [0.25, 0.3) is 0 Å². The van der Waals surface area contributed by atoms with Crippen molar-refractivity contribution >= 4 is 8.32 Å². The monoisotopic (exact) mass is 214 g/mol. The molecular formula is C10H15FO2Si. The molecule has 0 aliphatic heterocycles. The Hall–Kier alpha value is -1.03. The molecule has 0 unspecified atom stereocenters. The third-order valence-corrected chi connectivity index (χ3v) is 2.40. The summed E-state index contributed by atoms with van der Waals surface area (Å²) in [6.07, 6.45) is 0. The van der Waals surface area contributed by atoms with E-state index >= 15 is 0 Å². The highest BCUT2D eigenvalue weighted by molar-refractivity contribution is 6.70. The Morgan fingerprint density at radius 1 is 1.21 bits per heavy atom. The highest BCUT2D eigenvalue weighted by atomic mass is 28.4. The number of hydrogen-bond acceptors (Lipinski definition) is 2. The van der Waals surface area contributed by atoms with Crippen molar-refractivity contribution in [2.75, 3.05) is 7.11 Å². The number of hydrogen-bond donors (Lipinski definition) is 0. The lowest BCUT2D eigenvalue weighted by atomic mass is 10.3. The maximum Gasteiger partial charge on any atom is 0.242 e. The van der Waals surface area contributed by atoms with Crippen LogP contribution in [0.3, 0.4) is 0 Å². The lowest BCUT2D eigenvalue weighted by molar-refractivity contribution is 0.384. The lowest BCUT2D eigenvalue weighted by Gasteiger charge is -2.19. The zero-order chi connectivity index (χ0) is 10.8. The molecule has 0 N–H and O–H groups in total. The second kappa shape index (κ2) is 4.00. The molecule has 78 valence electrons. The van der Waals surface area contributed by atoms with E-state index in [-0.39, 0.29) is 11.6 Å². The van der Waals surface area contributed by atoms with E-state index in [2.05, 4.69) is 19.6 Å². The average Bonchev–Trinajstić information content (AvgIpc) is 2.01. The zero-order valence-corrected chi connectivity index (χ0v) is 9.93. The summed E-state index contributed by atoms with van der Waals surface area (Å²) in [5.41, 5.74) is 0. The minimum atomic E-state index is -1.66. The second-order valence-electron chi connectivity index (χ2n) is 4.01. The fraction of sp³-hybridized carbons (Fsp3) is 0.400. The van der Waals surface area contributed by atoms with Crippen LogP contribution in [-0.4, -0.2) is 15.4 Å². The summed E-state index contributed by atoms with van der Waals surface area (Å²) in [6, 6.07) is 4.65. The van der Waals surface area contributed by atoms with Gasteiger partial charge in [-0.05, 0) is 31.8 Å². The Morgan fingerprint density at radius 3 is 2.29 bits per heavy atom. The van der Waals surface area contributed by atoms with Gasteiger partial charge in [0.15, 0.2) is 11.6 Å². The van der Waals surface area contributed by atoms with Crippen LogP contribution in [0.1, 0.15) is 0 Å². The zero-order valence-electron chi connectivity index (χ0n) is 8.93. The first-order valence-corrected chi connectivity index (χ1v) is 7.86. The van der Waals surface area contributed by atoms with Crippen LogP contribution in [0.15, 0.2) is 18.2 Å². The molecule has 2 nitrogen and oxygen atoms in total. The van der Waals surface area contributed by atoms with Crippen molar-refractivity contribution in [3.63, 3.8) is 0 Å². The normalized spacial score (nSPS) is 11.2. The summed E-state index contributed by atoms with van der Waals surface area (Å²) in [7, 11) is -0.214. The Bertz CT molecular complexity index is 320. The largest absolute Gasteiger partial charge is 0.544 e. The minimum absolute atomic E-state index is 0.243. The summed E-state index contributed by atoms with van der Waals surface area (Å²) >= 11 is 0. The SMILES string of the molecule is COc1ccc(O[Si](C)(C)C)cc1F. The molecule has 0 aromatic heterocycles. The Balaban J connectivity index is 2.87. The molecule has 0 aliphatic rings. The van der Waals surface area contributed by atoms with Crippen LogP contribution in [0.4, 0.5) is 4.39 Å². The summed E-state index contributed by atoms with van der Waals surface area (Å²) in [4.78, 5) is 0.